The summed E-state index contributed by atoms with van der Waals surface area (Å²) in [5, 5.41) is 6.21. The first-order chi connectivity index (χ1) is 9.60. The van der Waals surface area contributed by atoms with E-state index in [-0.39, 0.29) is 0 Å². The Hall–Kier alpha value is -2.18. The van der Waals surface area contributed by atoms with Gasteiger partial charge >= 0.3 is 0 Å². The van der Waals surface area contributed by atoms with Gasteiger partial charge < -0.3 is 10.6 Å². The molecular formula is C13H21N7. The van der Waals surface area contributed by atoms with Crippen LogP contribution in [0.15, 0.2) is 18.7 Å². The summed E-state index contributed by atoms with van der Waals surface area (Å²) in [5.41, 5.74) is 0. The summed E-state index contributed by atoms with van der Waals surface area (Å²) >= 11 is 0. The van der Waals surface area contributed by atoms with Crippen LogP contribution in [0, 0.1) is 11.8 Å². The molecule has 0 radical (unpaired) electrons. The standard InChI is InChI=1S/C13H21N7/c1-9(2)10(3)7-16-12-17-11(14-4)18-13(19-12)20-6-5-15-8-20/h5-6,8-10H,7H2,1-4H3,(H2,14,16,17,18,19). The topological polar surface area (TPSA) is 80.5 Å². The number of nitrogens with one attached hydrogen (secondary N) is 2. The molecule has 2 aromatic heterocycles. The van der Waals surface area contributed by atoms with E-state index in [9.17, 15) is 0 Å². The van der Waals surface area contributed by atoms with E-state index in [0.717, 1.165) is 6.54 Å². The lowest BCUT2D eigenvalue weighted by Crippen LogP contribution is -2.18. The van der Waals surface area contributed by atoms with Crippen LogP contribution < -0.4 is 10.6 Å². The molecule has 1 unspecified atom stereocenters. The van der Waals surface area contributed by atoms with Crippen LogP contribution in [-0.4, -0.2) is 38.1 Å². The van der Waals surface area contributed by atoms with Gasteiger partial charge in [-0.1, -0.05) is 20.8 Å². The van der Waals surface area contributed by atoms with E-state index in [0.29, 0.717) is 29.7 Å². The summed E-state index contributed by atoms with van der Waals surface area (Å²) in [4.78, 5) is 17.0. The van der Waals surface area contributed by atoms with Gasteiger partial charge in [-0.3, -0.25) is 4.57 Å². The van der Waals surface area contributed by atoms with Crippen LogP contribution in [0.1, 0.15) is 20.8 Å². The van der Waals surface area contributed by atoms with Crippen molar-refractivity contribution in [3.05, 3.63) is 18.7 Å². The van der Waals surface area contributed by atoms with Gasteiger partial charge in [0.1, 0.15) is 6.33 Å². The van der Waals surface area contributed by atoms with Crippen molar-refractivity contribution in [2.75, 3.05) is 24.2 Å². The highest BCUT2D eigenvalue weighted by atomic mass is 15.3. The number of hydrogen-bond donors (Lipinski definition) is 2. The van der Waals surface area contributed by atoms with E-state index in [1.165, 1.54) is 0 Å². The van der Waals surface area contributed by atoms with Gasteiger partial charge in [0.15, 0.2) is 0 Å². The van der Waals surface area contributed by atoms with Crippen molar-refractivity contribution in [1.82, 2.24) is 24.5 Å². The third-order valence-corrected chi connectivity index (χ3v) is 3.30. The molecule has 7 nitrogen and oxygen atoms in total. The van der Waals surface area contributed by atoms with E-state index in [1.54, 1.807) is 30.3 Å². The van der Waals surface area contributed by atoms with Crippen molar-refractivity contribution in [1.29, 1.82) is 0 Å². The molecule has 1 atom stereocenters. The molecule has 2 heterocycles. The van der Waals surface area contributed by atoms with E-state index in [2.05, 4.69) is 51.3 Å². The average Bonchev–Trinajstić information content (AvgIpc) is 2.98. The Morgan fingerprint density at radius 3 is 2.50 bits per heavy atom. The average molecular weight is 275 g/mol. The third-order valence-electron chi connectivity index (χ3n) is 3.30. The molecule has 0 aliphatic rings. The number of hydrogen-bond acceptors (Lipinski definition) is 6. The number of aromatic nitrogens is 5. The molecule has 0 aromatic carbocycles. The molecule has 0 spiro atoms. The van der Waals surface area contributed by atoms with Crippen molar-refractivity contribution in [2.24, 2.45) is 11.8 Å². The molecule has 108 valence electrons. The monoisotopic (exact) mass is 275 g/mol. The maximum absolute atomic E-state index is 4.40. The van der Waals surface area contributed by atoms with Gasteiger partial charge in [-0.25, -0.2) is 4.98 Å². The molecule has 0 fully saturated rings. The second-order valence-corrected chi connectivity index (χ2v) is 5.10. The third kappa shape index (κ3) is 3.43. The molecule has 2 rings (SSSR count). The summed E-state index contributed by atoms with van der Waals surface area (Å²) in [6.07, 6.45) is 5.15. The zero-order valence-electron chi connectivity index (χ0n) is 12.3. The highest BCUT2D eigenvalue weighted by Gasteiger charge is 2.10. The van der Waals surface area contributed by atoms with E-state index in [1.807, 2.05) is 0 Å². The van der Waals surface area contributed by atoms with Gasteiger partial charge in [-0.2, -0.15) is 15.0 Å². The Morgan fingerprint density at radius 1 is 1.15 bits per heavy atom. The largest absolute Gasteiger partial charge is 0.357 e. The van der Waals surface area contributed by atoms with Gasteiger partial charge in [0.05, 0.1) is 0 Å². The van der Waals surface area contributed by atoms with Gasteiger partial charge in [0.2, 0.25) is 17.8 Å². The summed E-state index contributed by atoms with van der Waals surface area (Å²) in [7, 11) is 1.79. The molecule has 0 aliphatic carbocycles. The molecule has 0 aliphatic heterocycles. The minimum Gasteiger partial charge on any atom is -0.357 e. The molecule has 0 amide bonds. The van der Waals surface area contributed by atoms with E-state index in [4.69, 9.17) is 0 Å². The maximum Gasteiger partial charge on any atom is 0.241 e. The highest BCUT2D eigenvalue weighted by Crippen LogP contribution is 2.12. The van der Waals surface area contributed by atoms with Crippen LogP contribution in [0.2, 0.25) is 0 Å². The van der Waals surface area contributed by atoms with Crippen molar-refractivity contribution in [3.63, 3.8) is 0 Å². The fourth-order valence-electron chi connectivity index (χ4n) is 1.54. The van der Waals surface area contributed by atoms with Crippen molar-refractivity contribution in [2.45, 2.75) is 20.8 Å². The SMILES string of the molecule is CNc1nc(NCC(C)C(C)C)nc(-n2ccnc2)n1. The smallest absolute Gasteiger partial charge is 0.241 e. The summed E-state index contributed by atoms with van der Waals surface area (Å²) in [6, 6.07) is 0. The predicted molar refractivity (Wildman–Crippen MR) is 79.0 cm³/mol. The van der Waals surface area contributed by atoms with Gasteiger partial charge in [0.25, 0.3) is 0 Å². The first kappa shape index (κ1) is 14.2. The Labute approximate surface area is 118 Å². The zero-order chi connectivity index (χ0) is 14.5. The zero-order valence-corrected chi connectivity index (χ0v) is 12.3. The molecule has 2 N–H and O–H groups in total. The maximum atomic E-state index is 4.40. The van der Waals surface area contributed by atoms with Crippen molar-refractivity contribution >= 4 is 11.9 Å². The van der Waals surface area contributed by atoms with Crippen LogP contribution in [0.25, 0.3) is 5.95 Å². The molecule has 2 aromatic rings. The Kier molecular flexibility index (Phi) is 4.49. The lowest BCUT2D eigenvalue weighted by molar-refractivity contribution is 0.439. The van der Waals surface area contributed by atoms with Crippen LogP contribution in [0.5, 0.6) is 0 Å². The lowest BCUT2D eigenvalue weighted by Gasteiger charge is -2.16. The summed E-state index contributed by atoms with van der Waals surface area (Å²) < 4.78 is 1.75. The molecule has 0 saturated carbocycles. The Balaban J connectivity index is 2.18. The molecular weight excluding hydrogens is 254 g/mol. The minimum atomic E-state index is 0.531. The van der Waals surface area contributed by atoms with Crippen LogP contribution in [0.4, 0.5) is 11.9 Å². The first-order valence-corrected chi connectivity index (χ1v) is 6.76. The number of nitrogens with zero attached hydrogens (tertiary/aromatic N) is 5. The van der Waals surface area contributed by atoms with Crippen LogP contribution in [-0.2, 0) is 0 Å². The normalized spacial score (nSPS) is 12.4. The Morgan fingerprint density at radius 2 is 1.90 bits per heavy atom. The fourth-order valence-corrected chi connectivity index (χ4v) is 1.54. The van der Waals surface area contributed by atoms with Gasteiger partial charge in [-0.15, -0.1) is 0 Å². The first-order valence-electron chi connectivity index (χ1n) is 6.76. The number of imidazole rings is 1. The molecule has 0 bridgehead atoms. The van der Waals surface area contributed by atoms with Crippen molar-refractivity contribution < 1.29 is 0 Å². The number of rotatable bonds is 6. The minimum absolute atomic E-state index is 0.531. The fraction of sp³-hybridized carbons (Fsp3) is 0.538. The van der Waals surface area contributed by atoms with Crippen LogP contribution >= 0.6 is 0 Å². The van der Waals surface area contributed by atoms with Gasteiger partial charge in [-0.05, 0) is 11.8 Å². The summed E-state index contributed by atoms with van der Waals surface area (Å²) in [5.74, 6) is 2.80. The summed E-state index contributed by atoms with van der Waals surface area (Å²) in [6.45, 7) is 7.44. The second-order valence-electron chi connectivity index (χ2n) is 5.10. The predicted octanol–water partition coefficient (Wildman–Crippen LogP) is 1.80. The highest BCUT2D eigenvalue weighted by molar-refractivity contribution is 5.37. The lowest BCUT2D eigenvalue weighted by atomic mass is 9.98. The van der Waals surface area contributed by atoms with E-state index < -0.39 is 0 Å². The van der Waals surface area contributed by atoms with E-state index >= 15 is 0 Å². The van der Waals surface area contributed by atoms with Gasteiger partial charge in [0, 0.05) is 26.0 Å². The second kappa shape index (κ2) is 6.31. The van der Waals surface area contributed by atoms with Crippen molar-refractivity contribution in [3.8, 4) is 5.95 Å². The van der Waals surface area contributed by atoms with Crippen LogP contribution in [0.3, 0.4) is 0 Å². The molecule has 7 heteroatoms. The quantitative estimate of drug-likeness (QED) is 0.836. The molecule has 20 heavy (non-hydrogen) atoms. The Bertz CT molecular complexity index is 536. The number of anilines is 2. The molecule has 0 saturated heterocycles.